The highest BCUT2D eigenvalue weighted by molar-refractivity contribution is 6.15. The highest BCUT2D eigenvalue weighted by Crippen LogP contribution is 2.33. The molecule has 10 heteroatoms. The van der Waals surface area contributed by atoms with Gasteiger partial charge in [-0.25, -0.2) is 0 Å². The van der Waals surface area contributed by atoms with Crippen LogP contribution in [0.4, 0.5) is 22.7 Å². The van der Waals surface area contributed by atoms with Crippen LogP contribution in [-0.2, 0) is 11.3 Å². The number of fused-ring (bicyclic) bond motifs is 1. The number of piperazine rings is 1. The van der Waals surface area contributed by atoms with Crippen LogP contribution in [0.25, 0.3) is 0 Å². The molecule has 0 radical (unpaired) electrons. The molecule has 0 aliphatic carbocycles. The molecule has 3 heterocycles. The van der Waals surface area contributed by atoms with Crippen molar-refractivity contribution in [2.24, 2.45) is 4.99 Å². The predicted octanol–water partition coefficient (Wildman–Crippen LogP) is 4.58. The van der Waals surface area contributed by atoms with Gasteiger partial charge in [-0.3, -0.25) is 24.1 Å². The second-order valence-corrected chi connectivity index (χ2v) is 10.8. The summed E-state index contributed by atoms with van der Waals surface area (Å²) >= 11 is 0. The normalized spacial score (nSPS) is 16.7. The van der Waals surface area contributed by atoms with E-state index in [0.29, 0.717) is 34.7 Å². The molecule has 2 aliphatic rings. The summed E-state index contributed by atoms with van der Waals surface area (Å²) in [6.45, 7) is 6.56. The maximum absolute atomic E-state index is 13.4. The number of carbonyl (C=O) groups is 3. The molecule has 3 aromatic carbocycles. The molecule has 218 valence electrons. The first-order chi connectivity index (χ1) is 20.9. The number of aliphatic imine (C=N–C) groups is 1. The summed E-state index contributed by atoms with van der Waals surface area (Å²) in [5, 5.41) is 9.86. The van der Waals surface area contributed by atoms with Gasteiger partial charge in [0.1, 0.15) is 11.6 Å². The van der Waals surface area contributed by atoms with Gasteiger partial charge in [0, 0.05) is 73.3 Å². The third kappa shape index (κ3) is 5.96. The Balaban J connectivity index is 1.14. The Bertz CT molecular complexity index is 1700. The summed E-state index contributed by atoms with van der Waals surface area (Å²) in [5.41, 5.74) is 5.11. The SMILES string of the molecule is CCn1nccc1C(=O)Nc1cccc(C(=O)c2ccc3c(c2)NC(=O)C3C=Nc2ccc(N3CCN(C)CC3)cc2)c1. The van der Waals surface area contributed by atoms with Crippen LogP contribution < -0.4 is 15.5 Å². The fourth-order valence-electron chi connectivity index (χ4n) is 5.43. The maximum atomic E-state index is 13.4. The summed E-state index contributed by atoms with van der Waals surface area (Å²) in [4.78, 5) is 48.2. The average molecular weight is 576 g/mol. The van der Waals surface area contributed by atoms with Crippen LogP contribution in [0.1, 0.15) is 44.8 Å². The molecule has 1 atom stereocenters. The van der Waals surface area contributed by atoms with Crippen LogP contribution in [0.15, 0.2) is 84.0 Å². The molecule has 1 aromatic heterocycles. The number of anilines is 3. The van der Waals surface area contributed by atoms with Crippen molar-refractivity contribution in [3.63, 3.8) is 0 Å². The topological polar surface area (TPSA) is 112 Å². The van der Waals surface area contributed by atoms with Gasteiger partial charge < -0.3 is 20.4 Å². The molecule has 0 saturated carbocycles. The van der Waals surface area contributed by atoms with E-state index in [1.807, 2.05) is 19.1 Å². The molecular formula is C33H33N7O3. The Morgan fingerprint density at radius 3 is 2.53 bits per heavy atom. The van der Waals surface area contributed by atoms with E-state index >= 15 is 0 Å². The largest absolute Gasteiger partial charge is 0.369 e. The monoisotopic (exact) mass is 575 g/mol. The van der Waals surface area contributed by atoms with Crippen molar-refractivity contribution >= 4 is 46.6 Å². The van der Waals surface area contributed by atoms with Gasteiger partial charge in [-0.2, -0.15) is 5.10 Å². The predicted molar refractivity (Wildman–Crippen MR) is 168 cm³/mol. The van der Waals surface area contributed by atoms with Crippen LogP contribution in [-0.4, -0.2) is 71.7 Å². The standard InChI is InChI=1S/C33H33N7O3/c1-3-40-30(13-14-35-40)33(43)36-25-6-4-5-22(19-25)31(41)23-7-12-27-28(32(42)37-29(27)20-23)21-34-24-8-10-26(11-9-24)39-17-15-38(2)16-18-39/h4-14,19-21,28H,3,15-18H2,1-2H3,(H,36,43)(H,37,42). The zero-order chi connectivity index (χ0) is 29.9. The van der Waals surface area contributed by atoms with Crippen molar-refractivity contribution in [2.75, 3.05) is 48.8 Å². The number of benzene rings is 3. The average Bonchev–Trinajstić information content (AvgIpc) is 3.64. The first-order valence-corrected chi connectivity index (χ1v) is 14.4. The number of hydrogen-bond donors (Lipinski definition) is 2. The fraction of sp³-hybridized carbons (Fsp3) is 0.242. The van der Waals surface area contributed by atoms with Crippen LogP contribution in [0.2, 0.25) is 0 Å². The van der Waals surface area contributed by atoms with Crippen molar-refractivity contribution in [3.8, 4) is 0 Å². The molecule has 0 bridgehead atoms. The Morgan fingerprint density at radius 2 is 1.77 bits per heavy atom. The van der Waals surface area contributed by atoms with Gasteiger partial charge in [0.05, 0.1) is 5.69 Å². The van der Waals surface area contributed by atoms with E-state index in [4.69, 9.17) is 0 Å². The van der Waals surface area contributed by atoms with E-state index in [1.54, 1.807) is 65.6 Å². The van der Waals surface area contributed by atoms with Crippen molar-refractivity contribution in [3.05, 3.63) is 101 Å². The van der Waals surface area contributed by atoms with Crippen LogP contribution in [0.3, 0.4) is 0 Å². The number of aryl methyl sites for hydroxylation is 1. The summed E-state index contributed by atoms with van der Waals surface area (Å²) in [6.07, 6.45) is 3.23. The third-order valence-corrected chi connectivity index (χ3v) is 7.91. The lowest BCUT2D eigenvalue weighted by Gasteiger charge is -2.34. The number of nitrogens with one attached hydrogen (secondary N) is 2. The Kier molecular flexibility index (Phi) is 7.84. The molecule has 6 rings (SSSR count). The quantitative estimate of drug-likeness (QED) is 0.235. The molecular weight excluding hydrogens is 542 g/mol. The van der Waals surface area contributed by atoms with E-state index in [9.17, 15) is 14.4 Å². The Hall–Kier alpha value is -5.09. The Labute approximate surface area is 250 Å². The zero-order valence-corrected chi connectivity index (χ0v) is 24.2. The highest BCUT2D eigenvalue weighted by atomic mass is 16.2. The van der Waals surface area contributed by atoms with Gasteiger partial charge in [-0.15, -0.1) is 0 Å². The van der Waals surface area contributed by atoms with Crippen molar-refractivity contribution in [1.82, 2.24) is 14.7 Å². The van der Waals surface area contributed by atoms with Crippen LogP contribution in [0, 0.1) is 0 Å². The smallest absolute Gasteiger partial charge is 0.273 e. The minimum absolute atomic E-state index is 0.187. The van der Waals surface area contributed by atoms with E-state index in [1.165, 1.54) is 5.69 Å². The molecule has 43 heavy (non-hydrogen) atoms. The van der Waals surface area contributed by atoms with Gasteiger partial charge in [0.25, 0.3) is 5.91 Å². The molecule has 2 aliphatic heterocycles. The first-order valence-electron chi connectivity index (χ1n) is 14.4. The van der Waals surface area contributed by atoms with Crippen molar-refractivity contribution in [1.29, 1.82) is 0 Å². The van der Waals surface area contributed by atoms with Gasteiger partial charge in [0.2, 0.25) is 5.91 Å². The van der Waals surface area contributed by atoms with Crippen LogP contribution in [0.5, 0.6) is 0 Å². The number of likely N-dealkylation sites (N-methyl/N-ethyl adjacent to an activating group) is 1. The third-order valence-electron chi connectivity index (χ3n) is 7.91. The number of rotatable bonds is 8. The lowest BCUT2D eigenvalue weighted by Crippen LogP contribution is -2.44. The molecule has 2 amide bonds. The minimum Gasteiger partial charge on any atom is -0.369 e. The molecule has 1 saturated heterocycles. The summed E-state index contributed by atoms with van der Waals surface area (Å²) in [5.74, 6) is -1.26. The second-order valence-electron chi connectivity index (χ2n) is 10.8. The number of aromatic nitrogens is 2. The Morgan fingerprint density at radius 1 is 1.00 bits per heavy atom. The zero-order valence-electron chi connectivity index (χ0n) is 24.2. The van der Waals surface area contributed by atoms with Crippen molar-refractivity contribution in [2.45, 2.75) is 19.4 Å². The van der Waals surface area contributed by atoms with E-state index in [2.05, 4.69) is 49.7 Å². The number of ketones is 1. The highest BCUT2D eigenvalue weighted by Gasteiger charge is 2.30. The summed E-state index contributed by atoms with van der Waals surface area (Å²) in [7, 11) is 2.14. The second kappa shape index (κ2) is 12.0. The lowest BCUT2D eigenvalue weighted by molar-refractivity contribution is -0.115. The van der Waals surface area contributed by atoms with Gasteiger partial charge >= 0.3 is 0 Å². The number of nitrogens with zero attached hydrogens (tertiary/aromatic N) is 5. The number of carbonyl (C=O) groups excluding carboxylic acids is 3. The van der Waals surface area contributed by atoms with E-state index in [-0.39, 0.29) is 17.6 Å². The van der Waals surface area contributed by atoms with E-state index < -0.39 is 5.92 Å². The lowest BCUT2D eigenvalue weighted by atomic mass is 9.97. The summed E-state index contributed by atoms with van der Waals surface area (Å²) in [6, 6.07) is 21.7. The molecule has 1 unspecified atom stereocenters. The minimum atomic E-state index is -0.549. The van der Waals surface area contributed by atoms with Crippen LogP contribution >= 0.6 is 0 Å². The number of amides is 2. The van der Waals surface area contributed by atoms with Gasteiger partial charge in [0.15, 0.2) is 5.78 Å². The maximum Gasteiger partial charge on any atom is 0.273 e. The summed E-state index contributed by atoms with van der Waals surface area (Å²) < 4.78 is 1.60. The molecule has 4 aromatic rings. The molecule has 2 N–H and O–H groups in total. The van der Waals surface area contributed by atoms with Gasteiger partial charge in [-0.05, 0) is 68.1 Å². The van der Waals surface area contributed by atoms with Crippen molar-refractivity contribution < 1.29 is 14.4 Å². The number of hydrogen-bond acceptors (Lipinski definition) is 7. The molecule has 0 spiro atoms. The van der Waals surface area contributed by atoms with E-state index in [0.717, 1.165) is 37.4 Å². The first kappa shape index (κ1) is 28.0. The molecule has 1 fully saturated rings. The fourth-order valence-corrected chi connectivity index (χ4v) is 5.43. The molecule has 10 nitrogen and oxygen atoms in total. The van der Waals surface area contributed by atoms with Gasteiger partial charge in [-0.1, -0.05) is 24.3 Å².